The maximum absolute atomic E-state index is 15.4. The summed E-state index contributed by atoms with van der Waals surface area (Å²) in [6.45, 7) is -1.70. The Morgan fingerprint density at radius 2 is 1.83 bits per heavy atom. The Morgan fingerprint density at radius 1 is 1.12 bits per heavy atom. The number of carbonyl (C=O) groups excluding carboxylic acids is 1. The highest BCUT2D eigenvalue weighted by atomic mass is 19.3. The molecule has 4 heterocycles. The van der Waals surface area contributed by atoms with E-state index in [0.29, 0.717) is 47.2 Å². The molecule has 0 spiro atoms. The number of halogens is 3. The summed E-state index contributed by atoms with van der Waals surface area (Å²) in [5.41, 5.74) is 2.42. The van der Waals surface area contributed by atoms with Gasteiger partial charge in [-0.05, 0) is 37.2 Å². The third-order valence-corrected chi connectivity index (χ3v) is 8.93. The number of anilines is 1. The molecule has 1 N–H and O–H groups in total. The van der Waals surface area contributed by atoms with Gasteiger partial charge in [0.2, 0.25) is 5.95 Å². The van der Waals surface area contributed by atoms with Crippen LogP contribution in [-0.2, 0) is 9.53 Å². The van der Waals surface area contributed by atoms with E-state index in [2.05, 4.69) is 19.9 Å². The van der Waals surface area contributed by atoms with Gasteiger partial charge in [-0.25, -0.2) is 19.3 Å². The molecule has 12 heteroatoms. The summed E-state index contributed by atoms with van der Waals surface area (Å²) in [4.78, 5) is 27.9. The summed E-state index contributed by atoms with van der Waals surface area (Å²) < 4.78 is 53.1. The molecule has 218 valence electrons. The van der Waals surface area contributed by atoms with Crippen LogP contribution in [0.1, 0.15) is 48.2 Å². The number of hydrogen-bond acceptors (Lipinski definition) is 8. The number of esters is 1. The highest BCUT2D eigenvalue weighted by molar-refractivity contribution is 5.74. The predicted molar refractivity (Wildman–Crippen MR) is 145 cm³/mol. The topological polar surface area (TPSA) is 102 Å². The number of benzene rings is 1. The Balaban J connectivity index is 1.21. The Morgan fingerprint density at radius 3 is 2.52 bits per heavy atom. The van der Waals surface area contributed by atoms with Crippen LogP contribution in [0, 0.1) is 23.6 Å². The van der Waals surface area contributed by atoms with Gasteiger partial charge in [-0.1, -0.05) is 18.2 Å². The van der Waals surface area contributed by atoms with Crippen molar-refractivity contribution in [3.63, 3.8) is 0 Å². The number of piperidine rings is 1. The van der Waals surface area contributed by atoms with Crippen LogP contribution < -0.4 is 9.64 Å². The first-order valence-corrected chi connectivity index (χ1v) is 13.9. The molecule has 1 saturated heterocycles. The molecule has 4 aromatic rings. The lowest BCUT2D eigenvalue weighted by Gasteiger charge is -2.36. The van der Waals surface area contributed by atoms with Crippen LogP contribution in [0.15, 0.2) is 48.9 Å². The molecule has 7 rings (SSSR count). The predicted octanol–water partition coefficient (Wildman–Crippen LogP) is 4.74. The van der Waals surface area contributed by atoms with E-state index in [4.69, 9.17) is 9.47 Å². The van der Waals surface area contributed by atoms with Crippen LogP contribution in [0.3, 0.4) is 0 Å². The number of imidazole rings is 1. The molecular formula is C30H28F3N5O4. The number of methoxy groups -OCH3 is 1. The van der Waals surface area contributed by atoms with Crippen molar-refractivity contribution >= 4 is 17.6 Å². The first-order valence-electron chi connectivity index (χ1n) is 13.9. The highest BCUT2D eigenvalue weighted by Gasteiger charge is 2.47. The molecule has 2 aliphatic carbocycles. The SMILES string of the molecule is COC(=O)C1C2CCC1CN(c1ncc(-c3cn4c5c(nc4cc3F)[C@H](O)C[C@@H]5c3ccccc3OC(F)F)cn1)C2. The van der Waals surface area contributed by atoms with Gasteiger partial charge < -0.3 is 23.9 Å². The van der Waals surface area contributed by atoms with E-state index in [1.165, 1.54) is 19.2 Å². The Bertz CT molecular complexity index is 1650. The van der Waals surface area contributed by atoms with Gasteiger partial charge >= 0.3 is 12.6 Å². The van der Waals surface area contributed by atoms with Crippen molar-refractivity contribution in [1.82, 2.24) is 19.4 Å². The number of ether oxygens (including phenoxy) is 2. The van der Waals surface area contributed by atoms with E-state index < -0.39 is 24.5 Å². The number of aliphatic hydroxyl groups excluding tert-OH is 1. The quantitative estimate of drug-likeness (QED) is 0.327. The Labute approximate surface area is 238 Å². The fourth-order valence-corrected chi connectivity index (χ4v) is 7.13. The summed E-state index contributed by atoms with van der Waals surface area (Å²) in [7, 11) is 1.42. The molecule has 2 fully saturated rings. The smallest absolute Gasteiger partial charge is 0.387 e. The van der Waals surface area contributed by atoms with Crippen molar-refractivity contribution in [2.75, 3.05) is 25.1 Å². The van der Waals surface area contributed by atoms with Gasteiger partial charge in [-0.2, -0.15) is 8.78 Å². The summed E-state index contributed by atoms with van der Waals surface area (Å²) in [5, 5.41) is 10.8. The molecule has 4 atom stereocenters. The largest absolute Gasteiger partial charge is 0.469 e. The number of hydrogen-bond donors (Lipinski definition) is 1. The second-order valence-electron chi connectivity index (χ2n) is 11.2. The standard InChI is InChI=1S/C30H28F3N5O4/c1-41-28(40)25-15-6-7-16(25)13-37(12-15)30-34-10-17(11-35-30)20-14-38-24(9-21(20)31)36-26-22(39)8-19(27(26)38)18-4-2-3-5-23(18)42-29(32)33/h2-5,9-11,14-16,19,22,25,29,39H,6-8,12-13H2,1H3/t15?,16?,19-,22-,25?/m1/s1. The minimum absolute atomic E-state index is 0.0166. The van der Waals surface area contributed by atoms with E-state index in [-0.39, 0.29) is 41.5 Å². The van der Waals surface area contributed by atoms with Gasteiger partial charge in [0.05, 0.1) is 30.5 Å². The van der Waals surface area contributed by atoms with E-state index in [0.717, 1.165) is 12.8 Å². The van der Waals surface area contributed by atoms with Gasteiger partial charge in [-0.15, -0.1) is 0 Å². The van der Waals surface area contributed by atoms with Crippen molar-refractivity contribution in [3.05, 3.63) is 71.7 Å². The van der Waals surface area contributed by atoms with Crippen molar-refractivity contribution in [2.45, 2.75) is 37.9 Å². The number of aliphatic hydroxyl groups is 1. The summed E-state index contributed by atoms with van der Waals surface area (Å²) in [5.74, 6) is -0.392. The lowest BCUT2D eigenvalue weighted by molar-refractivity contribution is -0.148. The summed E-state index contributed by atoms with van der Waals surface area (Å²) >= 11 is 0. The second kappa shape index (κ2) is 10.3. The van der Waals surface area contributed by atoms with Crippen LogP contribution in [0.2, 0.25) is 0 Å². The van der Waals surface area contributed by atoms with Crippen LogP contribution in [0.25, 0.3) is 16.8 Å². The number of pyridine rings is 1. The molecule has 1 saturated carbocycles. The number of rotatable bonds is 6. The minimum Gasteiger partial charge on any atom is -0.469 e. The molecule has 1 aliphatic heterocycles. The average Bonchev–Trinajstić information content (AvgIpc) is 3.60. The average molecular weight is 580 g/mol. The molecule has 3 aromatic heterocycles. The first kappa shape index (κ1) is 26.7. The summed E-state index contributed by atoms with van der Waals surface area (Å²) in [6.07, 6.45) is 5.90. The van der Waals surface area contributed by atoms with Gasteiger partial charge in [0, 0.05) is 60.4 Å². The van der Waals surface area contributed by atoms with Crippen LogP contribution >= 0.6 is 0 Å². The number of para-hydroxylation sites is 1. The molecule has 9 nitrogen and oxygen atoms in total. The second-order valence-corrected chi connectivity index (χ2v) is 11.2. The van der Waals surface area contributed by atoms with E-state index in [1.54, 1.807) is 41.2 Å². The maximum Gasteiger partial charge on any atom is 0.387 e. The monoisotopic (exact) mass is 579 g/mol. The molecule has 2 bridgehead atoms. The van der Waals surface area contributed by atoms with Gasteiger partial charge in [0.15, 0.2) is 0 Å². The minimum atomic E-state index is -3.00. The number of carbonyl (C=O) groups is 1. The number of fused-ring (bicyclic) bond motifs is 5. The van der Waals surface area contributed by atoms with E-state index in [9.17, 15) is 18.7 Å². The summed E-state index contributed by atoms with van der Waals surface area (Å²) in [6, 6.07) is 7.74. The lowest BCUT2D eigenvalue weighted by atomic mass is 9.85. The normalized spacial score (nSPS) is 24.8. The fourth-order valence-electron chi connectivity index (χ4n) is 7.13. The Hall–Kier alpha value is -4.19. The zero-order valence-electron chi connectivity index (χ0n) is 22.7. The molecule has 2 unspecified atom stereocenters. The van der Waals surface area contributed by atoms with Crippen molar-refractivity contribution in [3.8, 4) is 16.9 Å². The van der Waals surface area contributed by atoms with E-state index >= 15 is 4.39 Å². The molecular weight excluding hydrogens is 551 g/mol. The number of nitrogens with zero attached hydrogens (tertiary/aromatic N) is 5. The van der Waals surface area contributed by atoms with Crippen molar-refractivity contribution in [2.24, 2.45) is 17.8 Å². The maximum atomic E-state index is 15.4. The van der Waals surface area contributed by atoms with Gasteiger partial charge in [0.25, 0.3) is 0 Å². The molecule has 42 heavy (non-hydrogen) atoms. The van der Waals surface area contributed by atoms with Crippen LogP contribution in [-0.4, -0.2) is 57.2 Å². The number of aromatic nitrogens is 4. The zero-order chi connectivity index (χ0) is 29.1. The van der Waals surface area contributed by atoms with Crippen molar-refractivity contribution < 1.29 is 32.5 Å². The Kier molecular flexibility index (Phi) is 6.52. The van der Waals surface area contributed by atoms with Crippen LogP contribution in [0.4, 0.5) is 19.1 Å². The van der Waals surface area contributed by atoms with Gasteiger partial charge in [0.1, 0.15) is 17.2 Å². The lowest BCUT2D eigenvalue weighted by Crippen LogP contribution is -2.45. The van der Waals surface area contributed by atoms with Crippen molar-refractivity contribution in [1.29, 1.82) is 0 Å². The van der Waals surface area contributed by atoms with Crippen LogP contribution in [0.5, 0.6) is 5.75 Å². The molecule has 0 radical (unpaired) electrons. The molecule has 3 aliphatic rings. The number of alkyl halides is 2. The highest BCUT2D eigenvalue weighted by Crippen LogP contribution is 2.47. The van der Waals surface area contributed by atoms with Gasteiger partial charge in [-0.3, -0.25) is 4.79 Å². The van der Waals surface area contributed by atoms with E-state index in [1.807, 2.05) is 0 Å². The molecule has 1 aromatic carbocycles. The third-order valence-electron chi connectivity index (χ3n) is 8.93. The fraction of sp³-hybridized carbons (Fsp3) is 0.400. The molecule has 0 amide bonds. The first-order chi connectivity index (χ1) is 20.3. The zero-order valence-corrected chi connectivity index (χ0v) is 22.7. The third kappa shape index (κ3) is 4.36.